The van der Waals surface area contributed by atoms with E-state index in [0.717, 1.165) is 10.0 Å². The van der Waals surface area contributed by atoms with Gasteiger partial charge in [0.2, 0.25) is 6.17 Å². The number of anilines is 1. The van der Waals surface area contributed by atoms with E-state index in [9.17, 15) is 9.59 Å². The Morgan fingerprint density at radius 1 is 1.53 bits per heavy atom. The first-order chi connectivity index (χ1) is 8.90. The van der Waals surface area contributed by atoms with E-state index in [1.807, 2.05) is 12.1 Å². The highest BCUT2D eigenvalue weighted by Gasteiger charge is 2.29. The smallest absolute Gasteiger partial charge is 0.406 e. The van der Waals surface area contributed by atoms with E-state index < -0.39 is 18.2 Å². The molecule has 0 saturated carbocycles. The molecule has 0 aliphatic carbocycles. The van der Waals surface area contributed by atoms with Crippen molar-refractivity contribution >= 4 is 39.3 Å². The van der Waals surface area contributed by atoms with Crippen molar-refractivity contribution in [2.24, 2.45) is 4.99 Å². The molecule has 0 spiro atoms. The maximum absolute atomic E-state index is 12.2. The Hall–Kier alpha value is -1.89. The van der Waals surface area contributed by atoms with Crippen LogP contribution in [0.25, 0.3) is 0 Å². The summed E-state index contributed by atoms with van der Waals surface area (Å²) in [4.78, 5) is 28.4. The summed E-state index contributed by atoms with van der Waals surface area (Å²) >= 11 is 3.35. The Bertz CT molecular complexity index is 586. The van der Waals surface area contributed by atoms with Crippen LogP contribution in [0.15, 0.2) is 27.7 Å². The number of carbonyl (C=O) groups excluding carboxylic acids is 1. The molecule has 1 atom stereocenters. The number of benzene rings is 1. The molecule has 1 aromatic carbocycles. The molecule has 0 fully saturated rings. The molecule has 1 heterocycles. The van der Waals surface area contributed by atoms with Gasteiger partial charge in [0.25, 0.3) is 5.91 Å². The van der Waals surface area contributed by atoms with E-state index in [1.54, 1.807) is 20.0 Å². The SMILES string of the molecule is CC1=NC(NC(=O)O)C(=O)N(C)c2cc(Br)ccc21. The fraction of sp³-hybridized carbons (Fsp3) is 0.250. The predicted octanol–water partition coefficient (Wildman–Crippen LogP) is 1.83. The molecular weight excluding hydrogens is 314 g/mol. The quantitative estimate of drug-likeness (QED) is 0.826. The molecule has 0 bridgehead atoms. The first-order valence-corrected chi connectivity index (χ1v) is 6.31. The molecule has 0 aromatic heterocycles. The van der Waals surface area contributed by atoms with Gasteiger partial charge in [-0.2, -0.15) is 0 Å². The van der Waals surface area contributed by atoms with Crippen molar-refractivity contribution in [3.8, 4) is 0 Å². The summed E-state index contributed by atoms with van der Waals surface area (Å²) in [5.74, 6) is -0.418. The highest BCUT2D eigenvalue weighted by atomic mass is 79.9. The molecule has 19 heavy (non-hydrogen) atoms. The van der Waals surface area contributed by atoms with Crippen molar-refractivity contribution in [2.75, 3.05) is 11.9 Å². The van der Waals surface area contributed by atoms with Crippen LogP contribution in [0.5, 0.6) is 0 Å². The van der Waals surface area contributed by atoms with Crippen molar-refractivity contribution in [1.29, 1.82) is 0 Å². The van der Waals surface area contributed by atoms with Gasteiger partial charge < -0.3 is 10.0 Å². The van der Waals surface area contributed by atoms with Gasteiger partial charge in [0.1, 0.15) is 0 Å². The Kier molecular flexibility index (Phi) is 3.57. The Balaban J connectivity index is 2.51. The summed E-state index contributed by atoms with van der Waals surface area (Å²) in [6.07, 6.45) is -2.40. The molecule has 7 heteroatoms. The summed E-state index contributed by atoms with van der Waals surface area (Å²) in [7, 11) is 1.60. The van der Waals surface area contributed by atoms with Crippen molar-refractivity contribution in [3.63, 3.8) is 0 Å². The second kappa shape index (κ2) is 5.00. The number of benzodiazepines with no additional fused rings is 1. The lowest BCUT2D eigenvalue weighted by Gasteiger charge is -2.20. The van der Waals surface area contributed by atoms with Gasteiger partial charge in [-0.05, 0) is 25.1 Å². The van der Waals surface area contributed by atoms with Gasteiger partial charge in [-0.1, -0.05) is 15.9 Å². The van der Waals surface area contributed by atoms with Crippen molar-refractivity contribution in [1.82, 2.24) is 5.32 Å². The van der Waals surface area contributed by atoms with E-state index in [2.05, 4.69) is 26.2 Å². The minimum absolute atomic E-state index is 0.418. The summed E-state index contributed by atoms with van der Waals surface area (Å²) in [6, 6.07) is 5.49. The number of carbonyl (C=O) groups is 2. The molecule has 2 rings (SSSR count). The van der Waals surface area contributed by atoms with Crippen LogP contribution in [-0.2, 0) is 4.79 Å². The summed E-state index contributed by atoms with van der Waals surface area (Å²) in [6.45, 7) is 1.75. The average molecular weight is 326 g/mol. The minimum atomic E-state index is -1.28. The zero-order valence-electron chi connectivity index (χ0n) is 10.3. The van der Waals surface area contributed by atoms with Crippen LogP contribution >= 0.6 is 15.9 Å². The van der Waals surface area contributed by atoms with E-state index in [4.69, 9.17) is 5.11 Å². The van der Waals surface area contributed by atoms with Crippen LogP contribution in [0.2, 0.25) is 0 Å². The number of likely N-dealkylation sites (N-methyl/N-ethyl adjacent to an activating group) is 1. The highest BCUT2D eigenvalue weighted by molar-refractivity contribution is 9.10. The molecule has 0 radical (unpaired) electrons. The van der Waals surface area contributed by atoms with Crippen LogP contribution in [-0.4, -0.2) is 36.0 Å². The van der Waals surface area contributed by atoms with E-state index in [1.165, 1.54) is 4.90 Å². The molecule has 2 N–H and O–H groups in total. The monoisotopic (exact) mass is 325 g/mol. The standard InChI is InChI=1S/C12H12BrN3O3/c1-6-8-4-3-7(13)5-9(8)16(2)11(17)10(14-6)15-12(18)19/h3-5,10,15H,1-2H3,(H,18,19). The van der Waals surface area contributed by atoms with Crippen LogP contribution < -0.4 is 10.2 Å². The third kappa shape index (κ3) is 2.60. The Morgan fingerprint density at radius 3 is 2.84 bits per heavy atom. The molecule has 1 aliphatic rings. The van der Waals surface area contributed by atoms with Crippen LogP contribution in [0.1, 0.15) is 12.5 Å². The third-order valence-corrected chi connectivity index (χ3v) is 3.35. The van der Waals surface area contributed by atoms with Gasteiger partial charge in [-0.3, -0.25) is 15.1 Å². The van der Waals surface area contributed by atoms with Crippen molar-refractivity contribution in [3.05, 3.63) is 28.2 Å². The lowest BCUT2D eigenvalue weighted by atomic mass is 10.1. The largest absolute Gasteiger partial charge is 0.465 e. The van der Waals surface area contributed by atoms with Crippen LogP contribution in [0.3, 0.4) is 0 Å². The van der Waals surface area contributed by atoms with Crippen molar-refractivity contribution in [2.45, 2.75) is 13.1 Å². The fourth-order valence-corrected chi connectivity index (χ4v) is 2.27. The minimum Gasteiger partial charge on any atom is -0.465 e. The predicted molar refractivity (Wildman–Crippen MR) is 74.7 cm³/mol. The molecule has 0 saturated heterocycles. The number of hydrogen-bond acceptors (Lipinski definition) is 3. The summed E-state index contributed by atoms with van der Waals surface area (Å²) < 4.78 is 0.836. The number of amides is 2. The van der Waals surface area contributed by atoms with Gasteiger partial charge in [0.15, 0.2) is 0 Å². The Labute approximate surface area is 118 Å². The molecule has 1 aliphatic heterocycles. The van der Waals surface area contributed by atoms with E-state index in [-0.39, 0.29) is 0 Å². The van der Waals surface area contributed by atoms with Gasteiger partial charge >= 0.3 is 6.09 Å². The number of nitrogens with zero attached hydrogens (tertiary/aromatic N) is 2. The maximum atomic E-state index is 12.2. The molecule has 100 valence electrons. The van der Waals surface area contributed by atoms with Crippen LogP contribution in [0, 0.1) is 0 Å². The molecule has 2 amide bonds. The number of halogens is 1. The number of nitrogens with one attached hydrogen (secondary N) is 1. The number of hydrogen-bond donors (Lipinski definition) is 2. The summed E-state index contributed by atoms with van der Waals surface area (Å²) in [5, 5.41) is 10.9. The first kappa shape index (κ1) is 13.5. The van der Waals surface area contributed by atoms with Gasteiger partial charge in [0, 0.05) is 22.8 Å². The van der Waals surface area contributed by atoms with Crippen LogP contribution in [0.4, 0.5) is 10.5 Å². The van der Waals surface area contributed by atoms with Crippen molar-refractivity contribution < 1.29 is 14.7 Å². The summed E-state index contributed by atoms with van der Waals surface area (Å²) in [5.41, 5.74) is 2.10. The Morgan fingerprint density at radius 2 is 2.21 bits per heavy atom. The molecular formula is C12H12BrN3O3. The second-order valence-electron chi connectivity index (χ2n) is 4.13. The van der Waals surface area contributed by atoms with Gasteiger partial charge in [0.05, 0.1) is 5.69 Å². The first-order valence-electron chi connectivity index (χ1n) is 5.51. The van der Waals surface area contributed by atoms with Gasteiger partial charge in [-0.15, -0.1) is 0 Å². The van der Waals surface area contributed by atoms with E-state index in [0.29, 0.717) is 11.4 Å². The number of rotatable bonds is 1. The van der Waals surface area contributed by atoms with Gasteiger partial charge in [-0.25, -0.2) is 4.79 Å². The number of fused-ring (bicyclic) bond motifs is 1. The molecule has 6 nitrogen and oxygen atoms in total. The average Bonchev–Trinajstić information content (AvgIpc) is 2.41. The molecule has 1 aromatic rings. The maximum Gasteiger partial charge on any atom is 0.406 e. The number of aliphatic imine (C=N–C) groups is 1. The normalized spacial score (nSPS) is 18.5. The topological polar surface area (TPSA) is 82.0 Å². The molecule has 1 unspecified atom stereocenters. The zero-order chi connectivity index (χ0) is 14.2. The van der Waals surface area contributed by atoms with E-state index >= 15 is 0 Å². The number of carboxylic acid groups (broad SMARTS) is 1. The third-order valence-electron chi connectivity index (χ3n) is 2.86. The highest BCUT2D eigenvalue weighted by Crippen LogP contribution is 2.27. The lowest BCUT2D eigenvalue weighted by Crippen LogP contribution is -2.45. The second-order valence-corrected chi connectivity index (χ2v) is 5.04. The lowest BCUT2D eigenvalue weighted by molar-refractivity contribution is -0.120. The zero-order valence-corrected chi connectivity index (χ0v) is 11.9. The fourth-order valence-electron chi connectivity index (χ4n) is 1.92.